The minimum Gasteiger partial charge on any atom is -0.360 e. The van der Waals surface area contributed by atoms with Gasteiger partial charge in [0, 0.05) is 12.6 Å². The lowest BCUT2D eigenvalue weighted by atomic mass is 9.77. The Balaban J connectivity index is 1.96. The lowest BCUT2D eigenvalue weighted by Crippen LogP contribution is -2.50. The van der Waals surface area contributed by atoms with Crippen LogP contribution >= 0.6 is 22.9 Å². The SMILES string of the molecule is CC1(C)CCCNC1CNc1nc(Cl)c(C#N)s1. The number of halogens is 1. The molecule has 1 fully saturated rings. The second kappa shape index (κ2) is 5.43. The van der Waals surface area contributed by atoms with Gasteiger partial charge in [-0.25, -0.2) is 4.98 Å². The highest BCUT2D eigenvalue weighted by atomic mass is 35.5. The van der Waals surface area contributed by atoms with E-state index in [0.29, 0.717) is 16.1 Å². The van der Waals surface area contributed by atoms with Gasteiger partial charge in [0.05, 0.1) is 0 Å². The predicted octanol–water partition coefficient (Wildman–Crippen LogP) is 2.86. The highest BCUT2D eigenvalue weighted by molar-refractivity contribution is 7.16. The standard InChI is InChI=1S/C12H17ClN4S/c1-12(2)4-3-5-15-9(12)7-16-11-17-10(13)8(6-14)18-11/h9,15H,3-5,7H2,1-2H3,(H,16,17). The van der Waals surface area contributed by atoms with Gasteiger partial charge in [0.25, 0.3) is 0 Å². The molecule has 0 aromatic carbocycles. The molecule has 1 aliphatic rings. The van der Waals surface area contributed by atoms with E-state index in [9.17, 15) is 0 Å². The maximum absolute atomic E-state index is 8.83. The molecule has 2 rings (SSSR count). The summed E-state index contributed by atoms with van der Waals surface area (Å²) in [7, 11) is 0. The van der Waals surface area contributed by atoms with Crippen molar-refractivity contribution in [3.8, 4) is 6.07 Å². The van der Waals surface area contributed by atoms with Gasteiger partial charge in [0.15, 0.2) is 10.3 Å². The zero-order valence-corrected chi connectivity index (χ0v) is 12.2. The minimum absolute atomic E-state index is 0.282. The Kier molecular flexibility index (Phi) is 4.10. The van der Waals surface area contributed by atoms with Gasteiger partial charge in [-0.15, -0.1) is 0 Å². The van der Waals surface area contributed by atoms with Crippen LogP contribution in [0.1, 0.15) is 31.6 Å². The first-order chi connectivity index (χ1) is 8.53. The molecule has 0 radical (unpaired) electrons. The van der Waals surface area contributed by atoms with Gasteiger partial charge in [-0.05, 0) is 24.8 Å². The molecule has 0 aliphatic carbocycles. The number of anilines is 1. The summed E-state index contributed by atoms with van der Waals surface area (Å²) >= 11 is 7.15. The van der Waals surface area contributed by atoms with Crippen molar-refractivity contribution in [1.29, 1.82) is 5.26 Å². The van der Waals surface area contributed by atoms with E-state index < -0.39 is 0 Å². The average molecular weight is 285 g/mol. The Bertz CT molecular complexity index is 463. The number of rotatable bonds is 3. The fourth-order valence-corrected chi connectivity index (χ4v) is 3.21. The maximum atomic E-state index is 8.83. The molecule has 0 bridgehead atoms. The summed E-state index contributed by atoms with van der Waals surface area (Å²) in [5.41, 5.74) is 0.282. The van der Waals surface area contributed by atoms with Gasteiger partial charge < -0.3 is 10.6 Å². The zero-order chi connectivity index (χ0) is 13.2. The van der Waals surface area contributed by atoms with Gasteiger partial charge in [0.2, 0.25) is 0 Å². The van der Waals surface area contributed by atoms with Gasteiger partial charge in [-0.2, -0.15) is 5.26 Å². The highest BCUT2D eigenvalue weighted by Gasteiger charge is 2.31. The van der Waals surface area contributed by atoms with Crippen LogP contribution in [0, 0.1) is 16.7 Å². The molecular weight excluding hydrogens is 268 g/mol. The van der Waals surface area contributed by atoms with E-state index in [1.807, 2.05) is 6.07 Å². The molecule has 6 heteroatoms. The molecular formula is C12H17ClN4S. The van der Waals surface area contributed by atoms with Crippen molar-refractivity contribution < 1.29 is 0 Å². The average Bonchev–Trinajstić information content (AvgIpc) is 2.68. The van der Waals surface area contributed by atoms with Gasteiger partial charge in [-0.3, -0.25) is 0 Å². The third kappa shape index (κ3) is 2.94. The van der Waals surface area contributed by atoms with Crippen molar-refractivity contribution in [1.82, 2.24) is 10.3 Å². The number of hydrogen-bond acceptors (Lipinski definition) is 5. The molecule has 1 saturated heterocycles. The Hall–Kier alpha value is -0.830. The van der Waals surface area contributed by atoms with E-state index in [0.717, 1.165) is 18.2 Å². The second-order valence-electron chi connectivity index (χ2n) is 5.23. The number of nitriles is 1. The lowest BCUT2D eigenvalue weighted by Gasteiger charge is -2.39. The van der Waals surface area contributed by atoms with Crippen LogP contribution in [-0.2, 0) is 0 Å². The molecule has 1 unspecified atom stereocenters. The normalized spacial score (nSPS) is 22.4. The fraction of sp³-hybridized carbons (Fsp3) is 0.667. The topological polar surface area (TPSA) is 60.7 Å². The van der Waals surface area contributed by atoms with E-state index in [4.69, 9.17) is 16.9 Å². The van der Waals surface area contributed by atoms with Crippen molar-refractivity contribution in [3.05, 3.63) is 10.0 Å². The number of nitrogens with zero attached hydrogens (tertiary/aromatic N) is 2. The summed E-state index contributed by atoms with van der Waals surface area (Å²) in [6.07, 6.45) is 2.46. The van der Waals surface area contributed by atoms with Crippen molar-refractivity contribution in [3.63, 3.8) is 0 Å². The summed E-state index contributed by atoms with van der Waals surface area (Å²) in [6, 6.07) is 2.45. The van der Waals surface area contributed by atoms with Crippen molar-refractivity contribution in [2.45, 2.75) is 32.7 Å². The number of hydrogen-bond donors (Lipinski definition) is 2. The quantitative estimate of drug-likeness (QED) is 0.896. The second-order valence-corrected chi connectivity index (χ2v) is 6.59. The third-order valence-corrected chi connectivity index (χ3v) is 4.78. The molecule has 2 N–H and O–H groups in total. The number of piperidine rings is 1. The van der Waals surface area contributed by atoms with Crippen LogP contribution in [0.2, 0.25) is 5.15 Å². The monoisotopic (exact) mass is 284 g/mol. The first-order valence-electron chi connectivity index (χ1n) is 6.06. The van der Waals surface area contributed by atoms with Crippen molar-refractivity contribution >= 4 is 28.1 Å². The van der Waals surface area contributed by atoms with E-state index in [2.05, 4.69) is 29.5 Å². The van der Waals surface area contributed by atoms with Crippen LogP contribution in [0.15, 0.2) is 0 Å². The fourth-order valence-electron chi connectivity index (χ4n) is 2.25. The summed E-state index contributed by atoms with van der Waals surface area (Å²) in [5, 5.41) is 16.6. The van der Waals surface area contributed by atoms with E-state index in [-0.39, 0.29) is 5.41 Å². The lowest BCUT2D eigenvalue weighted by molar-refractivity contribution is 0.188. The molecule has 2 heterocycles. The molecule has 0 spiro atoms. The first-order valence-corrected chi connectivity index (χ1v) is 7.26. The molecule has 98 valence electrons. The summed E-state index contributed by atoms with van der Waals surface area (Å²) in [4.78, 5) is 4.60. The van der Waals surface area contributed by atoms with E-state index in [1.54, 1.807) is 0 Å². The van der Waals surface area contributed by atoms with Crippen LogP contribution in [0.5, 0.6) is 0 Å². The third-order valence-electron chi connectivity index (χ3n) is 3.48. The van der Waals surface area contributed by atoms with E-state index >= 15 is 0 Å². The molecule has 0 amide bonds. The van der Waals surface area contributed by atoms with Crippen LogP contribution < -0.4 is 10.6 Å². The van der Waals surface area contributed by atoms with Crippen LogP contribution in [-0.4, -0.2) is 24.1 Å². The van der Waals surface area contributed by atoms with Crippen molar-refractivity contribution in [2.24, 2.45) is 5.41 Å². The first kappa shape index (κ1) is 13.6. The minimum atomic E-state index is 0.282. The predicted molar refractivity (Wildman–Crippen MR) is 75.1 cm³/mol. The summed E-state index contributed by atoms with van der Waals surface area (Å²) in [5.74, 6) is 0. The van der Waals surface area contributed by atoms with E-state index in [1.165, 1.54) is 24.2 Å². The molecule has 1 aromatic rings. The maximum Gasteiger partial charge on any atom is 0.185 e. The van der Waals surface area contributed by atoms with Crippen LogP contribution in [0.4, 0.5) is 5.13 Å². The van der Waals surface area contributed by atoms with Gasteiger partial charge in [-0.1, -0.05) is 36.8 Å². The molecule has 1 aliphatic heterocycles. The summed E-state index contributed by atoms with van der Waals surface area (Å²) < 4.78 is 0. The zero-order valence-electron chi connectivity index (χ0n) is 10.6. The molecule has 0 saturated carbocycles. The highest BCUT2D eigenvalue weighted by Crippen LogP contribution is 2.31. The van der Waals surface area contributed by atoms with Crippen LogP contribution in [0.25, 0.3) is 0 Å². The smallest absolute Gasteiger partial charge is 0.185 e. The Morgan fingerprint density at radius 1 is 1.67 bits per heavy atom. The molecule has 1 aromatic heterocycles. The Morgan fingerprint density at radius 3 is 3.06 bits per heavy atom. The molecule has 1 atom stereocenters. The largest absolute Gasteiger partial charge is 0.360 e. The van der Waals surface area contributed by atoms with Crippen LogP contribution in [0.3, 0.4) is 0 Å². The Morgan fingerprint density at radius 2 is 2.44 bits per heavy atom. The number of thiazole rings is 1. The number of aromatic nitrogens is 1. The molecule has 18 heavy (non-hydrogen) atoms. The van der Waals surface area contributed by atoms with Crippen molar-refractivity contribution in [2.75, 3.05) is 18.4 Å². The van der Waals surface area contributed by atoms with Gasteiger partial charge >= 0.3 is 0 Å². The van der Waals surface area contributed by atoms with Gasteiger partial charge in [0.1, 0.15) is 10.9 Å². The number of nitrogens with one attached hydrogen (secondary N) is 2. The summed E-state index contributed by atoms with van der Waals surface area (Å²) in [6.45, 7) is 6.43. The Labute approximate surface area is 116 Å². The molecule has 4 nitrogen and oxygen atoms in total.